The molecule has 0 bridgehead atoms. The number of allylic oxidation sites excluding steroid dienone is 5. The third-order valence-electron chi connectivity index (χ3n) is 3.83. The topological polar surface area (TPSA) is 55.8 Å². The number of hydrogen-bond acceptors (Lipinski definition) is 4. The van der Waals surface area contributed by atoms with Gasteiger partial charge >= 0.3 is 0 Å². The first-order valence-corrected chi connectivity index (χ1v) is 7.83. The fourth-order valence-electron chi connectivity index (χ4n) is 2.66. The second-order valence-electron chi connectivity index (χ2n) is 5.61. The minimum Gasteiger partial charge on any atom is -0.512 e. The van der Waals surface area contributed by atoms with Gasteiger partial charge in [-0.05, 0) is 35.8 Å². The van der Waals surface area contributed by atoms with Gasteiger partial charge in [-0.15, -0.1) is 0 Å². The van der Waals surface area contributed by atoms with Gasteiger partial charge in [0.2, 0.25) is 0 Å². The molecule has 0 saturated carbocycles. The smallest absolute Gasteiger partial charge is 0.182 e. The summed E-state index contributed by atoms with van der Waals surface area (Å²) in [5.74, 6) is 1.37. The maximum Gasteiger partial charge on any atom is 0.182 e. The number of rotatable bonds is 3. The lowest BCUT2D eigenvalue weighted by Gasteiger charge is -2.19. The van der Waals surface area contributed by atoms with E-state index in [1.807, 2.05) is 6.92 Å². The lowest BCUT2D eigenvalue weighted by atomic mass is 9.89. The fourth-order valence-corrected chi connectivity index (χ4v) is 2.94. The Kier molecular flexibility index (Phi) is 4.44. The fraction of sp³-hybridized carbons (Fsp3) is 0.278. The van der Waals surface area contributed by atoms with Crippen LogP contribution in [-0.2, 0) is 4.79 Å². The maximum absolute atomic E-state index is 12.3. The van der Waals surface area contributed by atoms with Gasteiger partial charge in [0.05, 0.1) is 10.8 Å². The van der Waals surface area contributed by atoms with Gasteiger partial charge in [0.1, 0.15) is 13.2 Å². The Morgan fingerprint density at radius 1 is 1.30 bits per heavy atom. The van der Waals surface area contributed by atoms with Crippen LogP contribution < -0.4 is 9.47 Å². The second kappa shape index (κ2) is 6.50. The van der Waals surface area contributed by atoms with Crippen molar-refractivity contribution in [2.45, 2.75) is 13.3 Å². The van der Waals surface area contributed by atoms with Crippen LogP contribution in [0.15, 0.2) is 41.7 Å². The van der Waals surface area contributed by atoms with E-state index in [9.17, 15) is 9.90 Å². The first-order valence-electron chi connectivity index (χ1n) is 7.46. The van der Waals surface area contributed by atoms with Gasteiger partial charge in [-0.3, -0.25) is 4.79 Å². The Morgan fingerprint density at radius 3 is 2.87 bits per heavy atom. The summed E-state index contributed by atoms with van der Waals surface area (Å²) in [5.41, 5.74) is 1.46. The highest BCUT2D eigenvalue weighted by atomic mass is 35.5. The number of ketones is 1. The molecule has 23 heavy (non-hydrogen) atoms. The van der Waals surface area contributed by atoms with E-state index < -0.39 is 0 Å². The molecule has 0 spiro atoms. The molecule has 0 saturated heterocycles. The lowest BCUT2D eigenvalue weighted by Crippen LogP contribution is -2.15. The van der Waals surface area contributed by atoms with Crippen LogP contribution in [0.5, 0.6) is 11.5 Å². The van der Waals surface area contributed by atoms with Crippen molar-refractivity contribution in [3.63, 3.8) is 0 Å². The van der Waals surface area contributed by atoms with Gasteiger partial charge in [-0.25, -0.2) is 0 Å². The Labute approximate surface area is 139 Å². The van der Waals surface area contributed by atoms with Crippen LogP contribution >= 0.6 is 11.6 Å². The predicted molar refractivity (Wildman–Crippen MR) is 89.1 cm³/mol. The number of carbonyl (C=O) groups excluding carboxylic acids is 1. The Hall–Kier alpha value is -2.20. The van der Waals surface area contributed by atoms with Crippen molar-refractivity contribution in [3.05, 3.63) is 52.3 Å². The third-order valence-corrected chi connectivity index (χ3v) is 4.11. The summed E-state index contributed by atoms with van der Waals surface area (Å²) in [4.78, 5) is 12.3. The summed E-state index contributed by atoms with van der Waals surface area (Å²) < 4.78 is 11.0. The minimum absolute atomic E-state index is 0.000930. The molecular formula is C18H17ClO4. The quantitative estimate of drug-likeness (QED) is 0.847. The van der Waals surface area contributed by atoms with E-state index in [0.717, 1.165) is 5.56 Å². The van der Waals surface area contributed by atoms with Crippen molar-refractivity contribution in [1.82, 2.24) is 0 Å². The number of carbonyl (C=O) groups is 1. The van der Waals surface area contributed by atoms with Crippen molar-refractivity contribution in [1.29, 1.82) is 0 Å². The van der Waals surface area contributed by atoms with Crippen LogP contribution in [-0.4, -0.2) is 24.1 Å². The third kappa shape index (κ3) is 3.42. The van der Waals surface area contributed by atoms with E-state index >= 15 is 0 Å². The lowest BCUT2D eigenvalue weighted by molar-refractivity contribution is -0.111. The largest absolute Gasteiger partial charge is 0.512 e. The molecule has 0 radical (unpaired) electrons. The number of aliphatic hydroxyl groups excluding tert-OH is 1. The van der Waals surface area contributed by atoms with Crippen molar-refractivity contribution >= 4 is 23.5 Å². The van der Waals surface area contributed by atoms with Gasteiger partial charge in [0.25, 0.3) is 0 Å². The van der Waals surface area contributed by atoms with Gasteiger partial charge in [0, 0.05) is 12.0 Å². The normalized spacial score (nSPS) is 20.2. The first kappa shape index (κ1) is 15.7. The molecule has 1 N–H and O–H groups in total. The summed E-state index contributed by atoms with van der Waals surface area (Å²) in [6.07, 6.45) is 6.95. The predicted octanol–water partition coefficient (Wildman–Crippen LogP) is 4.10. The second-order valence-corrected chi connectivity index (χ2v) is 6.02. The SMILES string of the molecule is C[C@H]1CC(O)=CC=C1C(=O)/C=C/c1cc(Cl)c2c(c1)OCCO2. The first-order chi connectivity index (χ1) is 11.0. The molecule has 1 aliphatic carbocycles. The van der Waals surface area contributed by atoms with Crippen molar-refractivity contribution < 1.29 is 19.4 Å². The van der Waals surface area contributed by atoms with E-state index in [0.29, 0.717) is 47.5 Å². The highest BCUT2D eigenvalue weighted by Gasteiger charge is 2.19. The van der Waals surface area contributed by atoms with Crippen LogP contribution in [0.25, 0.3) is 6.08 Å². The molecule has 4 nitrogen and oxygen atoms in total. The molecule has 2 aliphatic rings. The molecule has 120 valence electrons. The Balaban J connectivity index is 1.80. The summed E-state index contributed by atoms with van der Waals surface area (Å²) >= 11 is 6.18. The molecule has 1 aromatic rings. The summed E-state index contributed by atoms with van der Waals surface area (Å²) in [6, 6.07) is 3.54. The van der Waals surface area contributed by atoms with E-state index in [1.54, 1.807) is 30.4 Å². The molecular weight excluding hydrogens is 316 g/mol. The molecule has 1 aliphatic heterocycles. The zero-order chi connectivity index (χ0) is 16.4. The van der Waals surface area contributed by atoms with Crippen LogP contribution in [0, 0.1) is 5.92 Å². The molecule has 0 fully saturated rings. The Bertz CT molecular complexity index is 731. The van der Waals surface area contributed by atoms with Crippen molar-refractivity contribution in [2.24, 2.45) is 5.92 Å². The molecule has 1 aromatic carbocycles. The molecule has 0 unspecified atom stereocenters. The van der Waals surface area contributed by atoms with Gasteiger partial charge in [0.15, 0.2) is 17.3 Å². The standard InChI is InChI=1S/C18H17ClO4/c1-11-8-13(20)3-4-14(11)16(21)5-2-12-9-15(19)18-17(10-12)22-6-7-23-18/h2-5,9-11,20H,6-8H2,1H3/b5-2+/t11-/m0/s1. The van der Waals surface area contributed by atoms with Crippen LogP contribution in [0.3, 0.4) is 0 Å². The molecule has 1 atom stereocenters. The number of hydrogen-bond donors (Lipinski definition) is 1. The highest BCUT2D eigenvalue weighted by Crippen LogP contribution is 2.38. The van der Waals surface area contributed by atoms with Crippen molar-refractivity contribution in [2.75, 3.05) is 13.2 Å². The number of ether oxygens (including phenoxy) is 2. The average Bonchev–Trinajstić information content (AvgIpc) is 2.53. The highest BCUT2D eigenvalue weighted by molar-refractivity contribution is 6.32. The van der Waals surface area contributed by atoms with Crippen LogP contribution in [0.1, 0.15) is 18.9 Å². The number of halogens is 1. The maximum atomic E-state index is 12.3. The van der Waals surface area contributed by atoms with E-state index in [4.69, 9.17) is 21.1 Å². The van der Waals surface area contributed by atoms with Crippen LogP contribution in [0.4, 0.5) is 0 Å². The Morgan fingerprint density at radius 2 is 2.09 bits per heavy atom. The van der Waals surface area contributed by atoms with Gasteiger partial charge in [-0.2, -0.15) is 0 Å². The molecule has 0 aromatic heterocycles. The van der Waals surface area contributed by atoms with Crippen molar-refractivity contribution in [3.8, 4) is 11.5 Å². The van der Waals surface area contributed by atoms with E-state index in [1.165, 1.54) is 6.08 Å². The molecule has 1 heterocycles. The van der Waals surface area contributed by atoms with Gasteiger partial charge in [-0.1, -0.05) is 30.7 Å². The summed E-state index contributed by atoms with van der Waals surface area (Å²) in [7, 11) is 0. The van der Waals surface area contributed by atoms with E-state index in [2.05, 4.69) is 0 Å². The average molecular weight is 333 g/mol. The van der Waals surface area contributed by atoms with Gasteiger partial charge < -0.3 is 14.6 Å². The minimum atomic E-state index is -0.0766. The summed E-state index contributed by atoms with van der Waals surface area (Å²) in [6.45, 7) is 2.88. The zero-order valence-corrected chi connectivity index (χ0v) is 13.5. The number of aliphatic hydroxyl groups is 1. The molecule has 5 heteroatoms. The summed E-state index contributed by atoms with van der Waals surface area (Å²) in [5, 5.41) is 9.94. The zero-order valence-electron chi connectivity index (χ0n) is 12.7. The monoisotopic (exact) mass is 332 g/mol. The number of benzene rings is 1. The molecule has 3 rings (SSSR count). The van der Waals surface area contributed by atoms with Crippen LogP contribution in [0.2, 0.25) is 5.02 Å². The van der Waals surface area contributed by atoms with E-state index in [-0.39, 0.29) is 11.7 Å². The molecule has 0 amide bonds. The number of fused-ring (bicyclic) bond motifs is 1.